The predicted molar refractivity (Wildman–Crippen MR) is 72.7 cm³/mol. The Kier molecular flexibility index (Phi) is 3.40. The first-order valence-electron chi connectivity index (χ1n) is 6.78. The summed E-state index contributed by atoms with van der Waals surface area (Å²) in [6.45, 7) is 1.54. The molecule has 3 rings (SSSR count). The molecule has 0 bridgehead atoms. The van der Waals surface area contributed by atoms with E-state index < -0.39 is 0 Å². The number of amides is 1. The molecule has 6 heteroatoms. The molecule has 1 unspecified atom stereocenters. The lowest BCUT2D eigenvalue weighted by Gasteiger charge is -2.32. The Morgan fingerprint density at radius 1 is 1.40 bits per heavy atom. The molecule has 1 aromatic rings. The maximum absolute atomic E-state index is 12.5. The molecule has 0 radical (unpaired) electrons. The summed E-state index contributed by atoms with van der Waals surface area (Å²) in [6.07, 6.45) is 1.86. The molecule has 0 aromatic heterocycles. The molecule has 0 aliphatic carbocycles. The van der Waals surface area contributed by atoms with Gasteiger partial charge in [0, 0.05) is 31.5 Å². The van der Waals surface area contributed by atoms with Gasteiger partial charge in [-0.05, 0) is 24.8 Å². The van der Waals surface area contributed by atoms with Crippen LogP contribution in [0.15, 0.2) is 12.1 Å². The van der Waals surface area contributed by atoms with Gasteiger partial charge in [-0.25, -0.2) is 0 Å². The predicted octanol–water partition coefficient (Wildman–Crippen LogP) is 0.842. The minimum Gasteiger partial charge on any atom is -0.454 e. The van der Waals surface area contributed by atoms with Crippen LogP contribution in [0.2, 0.25) is 0 Å². The smallest absolute Gasteiger partial charge is 0.256 e. The standard InChI is InChI=1S/C14H18N2O4/c15-11-5-13-12(19-8-20-13)4-10(11)14(18)16-3-1-2-9(6-16)7-17/h4-5,9,17H,1-3,6-8,15H2. The van der Waals surface area contributed by atoms with Crippen molar-refractivity contribution < 1.29 is 19.4 Å². The minimum atomic E-state index is -0.112. The zero-order valence-electron chi connectivity index (χ0n) is 11.2. The highest BCUT2D eigenvalue weighted by molar-refractivity contribution is 6.00. The van der Waals surface area contributed by atoms with Crippen molar-refractivity contribution in [2.75, 3.05) is 32.2 Å². The summed E-state index contributed by atoms with van der Waals surface area (Å²) in [5.74, 6) is 1.17. The van der Waals surface area contributed by atoms with Gasteiger partial charge in [-0.2, -0.15) is 0 Å². The van der Waals surface area contributed by atoms with E-state index in [1.807, 2.05) is 0 Å². The number of nitrogen functional groups attached to an aromatic ring is 1. The van der Waals surface area contributed by atoms with Crippen LogP contribution in [-0.4, -0.2) is 42.4 Å². The lowest BCUT2D eigenvalue weighted by Crippen LogP contribution is -2.41. The molecule has 1 saturated heterocycles. The third-order valence-electron chi connectivity index (χ3n) is 3.84. The molecule has 3 N–H and O–H groups in total. The van der Waals surface area contributed by atoms with Gasteiger partial charge in [0.25, 0.3) is 5.91 Å². The van der Waals surface area contributed by atoms with Gasteiger partial charge in [0.15, 0.2) is 11.5 Å². The Bertz CT molecular complexity index is 532. The number of hydrogen-bond acceptors (Lipinski definition) is 5. The molecule has 1 amide bonds. The van der Waals surface area contributed by atoms with Crippen LogP contribution in [0.25, 0.3) is 0 Å². The zero-order chi connectivity index (χ0) is 14.1. The van der Waals surface area contributed by atoms with E-state index in [0.717, 1.165) is 12.8 Å². The average molecular weight is 278 g/mol. The van der Waals surface area contributed by atoms with E-state index in [1.165, 1.54) is 0 Å². The van der Waals surface area contributed by atoms with Gasteiger partial charge in [0.1, 0.15) is 0 Å². The van der Waals surface area contributed by atoms with Crippen molar-refractivity contribution in [3.8, 4) is 11.5 Å². The van der Waals surface area contributed by atoms with Gasteiger partial charge in [0.2, 0.25) is 6.79 Å². The van der Waals surface area contributed by atoms with E-state index in [4.69, 9.17) is 15.2 Å². The summed E-state index contributed by atoms with van der Waals surface area (Å²) in [5, 5.41) is 9.24. The summed E-state index contributed by atoms with van der Waals surface area (Å²) in [4.78, 5) is 14.3. The first-order valence-corrected chi connectivity index (χ1v) is 6.78. The van der Waals surface area contributed by atoms with E-state index in [0.29, 0.717) is 35.8 Å². The molecule has 1 atom stereocenters. The summed E-state index contributed by atoms with van der Waals surface area (Å²) in [7, 11) is 0. The molecule has 20 heavy (non-hydrogen) atoms. The van der Waals surface area contributed by atoms with Gasteiger partial charge >= 0.3 is 0 Å². The van der Waals surface area contributed by atoms with Crippen LogP contribution >= 0.6 is 0 Å². The number of hydrogen-bond donors (Lipinski definition) is 2. The Hall–Kier alpha value is -1.95. The Morgan fingerprint density at radius 3 is 2.90 bits per heavy atom. The van der Waals surface area contributed by atoms with Gasteiger partial charge in [-0.15, -0.1) is 0 Å². The van der Waals surface area contributed by atoms with Crippen molar-refractivity contribution >= 4 is 11.6 Å². The van der Waals surface area contributed by atoms with Crippen LogP contribution in [0.5, 0.6) is 11.5 Å². The lowest BCUT2D eigenvalue weighted by molar-refractivity contribution is 0.0621. The van der Waals surface area contributed by atoms with Gasteiger partial charge in [0.05, 0.1) is 5.56 Å². The third kappa shape index (κ3) is 2.27. The maximum Gasteiger partial charge on any atom is 0.256 e. The van der Waals surface area contributed by atoms with Crippen molar-refractivity contribution in [2.24, 2.45) is 5.92 Å². The van der Waals surface area contributed by atoms with Crippen LogP contribution in [0.4, 0.5) is 5.69 Å². The van der Waals surface area contributed by atoms with Crippen LogP contribution < -0.4 is 15.2 Å². The molecule has 2 aliphatic heterocycles. The molecule has 6 nitrogen and oxygen atoms in total. The van der Waals surface area contributed by atoms with E-state index >= 15 is 0 Å². The van der Waals surface area contributed by atoms with Crippen LogP contribution in [0.3, 0.4) is 0 Å². The van der Waals surface area contributed by atoms with E-state index in [-0.39, 0.29) is 25.2 Å². The maximum atomic E-state index is 12.5. The van der Waals surface area contributed by atoms with E-state index in [9.17, 15) is 9.90 Å². The number of benzene rings is 1. The molecule has 1 fully saturated rings. The number of nitrogens with zero attached hydrogens (tertiary/aromatic N) is 1. The first-order chi connectivity index (χ1) is 9.69. The van der Waals surface area contributed by atoms with Crippen molar-refractivity contribution in [2.45, 2.75) is 12.8 Å². The second-order valence-corrected chi connectivity index (χ2v) is 5.23. The number of piperidine rings is 1. The molecule has 0 saturated carbocycles. The lowest BCUT2D eigenvalue weighted by atomic mass is 9.98. The average Bonchev–Trinajstić information content (AvgIpc) is 2.92. The second-order valence-electron chi connectivity index (χ2n) is 5.23. The zero-order valence-corrected chi connectivity index (χ0v) is 11.2. The highest BCUT2D eigenvalue weighted by atomic mass is 16.7. The van der Waals surface area contributed by atoms with Crippen molar-refractivity contribution in [1.29, 1.82) is 0 Å². The van der Waals surface area contributed by atoms with E-state index in [2.05, 4.69) is 0 Å². The van der Waals surface area contributed by atoms with Crippen molar-refractivity contribution in [3.63, 3.8) is 0 Å². The highest BCUT2D eigenvalue weighted by Gasteiger charge is 2.27. The summed E-state index contributed by atoms with van der Waals surface area (Å²) in [5.41, 5.74) is 6.77. The number of aliphatic hydroxyl groups is 1. The van der Waals surface area contributed by atoms with Crippen molar-refractivity contribution in [1.82, 2.24) is 4.90 Å². The van der Waals surface area contributed by atoms with Crippen LogP contribution in [0, 0.1) is 5.92 Å². The highest BCUT2D eigenvalue weighted by Crippen LogP contribution is 2.36. The minimum absolute atomic E-state index is 0.112. The monoisotopic (exact) mass is 278 g/mol. The molecular formula is C14H18N2O4. The number of nitrogens with two attached hydrogens (primary N) is 1. The molecule has 0 spiro atoms. The van der Waals surface area contributed by atoms with E-state index in [1.54, 1.807) is 17.0 Å². The molecule has 1 aromatic carbocycles. The fraction of sp³-hybridized carbons (Fsp3) is 0.500. The quantitative estimate of drug-likeness (QED) is 0.783. The number of carbonyl (C=O) groups excluding carboxylic acids is 1. The number of rotatable bonds is 2. The second kappa shape index (κ2) is 5.20. The van der Waals surface area contributed by atoms with Gasteiger partial charge < -0.3 is 25.2 Å². The summed E-state index contributed by atoms with van der Waals surface area (Å²) < 4.78 is 10.5. The number of carbonyl (C=O) groups is 1. The van der Waals surface area contributed by atoms with Crippen molar-refractivity contribution in [3.05, 3.63) is 17.7 Å². The first kappa shape index (κ1) is 13.1. The van der Waals surface area contributed by atoms with Gasteiger partial charge in [-0.3, -0.25) is 4.79 Å². The SMILES string of the molecule is Nc1cc2c(cc1C(=O)N1CCCC(CO)C1)OCO2. The summed E-state index contributed by atoms with van der Waals surface area (Å²) in [6, 6.07) is 3.27. The Balaban J connectivity index is 1.83. The number of fused-ring (bicyclic) bond motifs is 1. The number of likely N-dealkylation sites (tertiary alicyclic amines) is 1. The largest absolute Gasteiger partial charge is 0.454 e. The topological polar surface area (TPSA) is 85.0 Å². The van der Waals surface area contributed by atoms with Gasteiger partial charge in [-0.1, -0.05) is 0 Å². The molecule has 108 valence electrons. The molecule has 2 heterocycles. The third-order valence-corrected chi connectivity index (χ3v) is 3.84. The molecule has 2 aliphatic rings. The number of anilines is 1. The number of ether oxygens (including phenoxy) is 2. The Morgan fingerprint density at radius 2 is 2.15 bits per heavy atom. The summed E-state index contributed by atoms with van der Waals surface area (Å²) >= 11 is 0. The fourth-order valence-electron chi connectivity index (χ4n) is 2.71. The fourth-order valence-corrected chi connectivity index (χ4v) is 2.71. The number of aliphatic hydroxyl groups excluding tert-OH is 1. The van der Waals surface area contributed by atoms with Crippen LogP contribution in [-0.2, 0) is 0 Å². The molecular weight excluding hydrogens is 260 g/mol. The van der Waals surface area contributed by atoms with Crippen LogP contribution in [0.1, 0.15) is 23.2 Å². The Labute approximate surface area is 117 Å². The normalized spacial score (nSPS) is 21.1.